The van der Waals surface area contributed by atoms with E-state index in [0.29, 0.717) is 11.9 Å². The van der Waals surface area contributed by atoms with Gasteiger partial charge < -0.3 is 21.4 Å². The Morgan fingerprint density at radius 1 is 1.02 bits per heavy atom. The number of hydrogen-bond acceptors (Lipinski definition) is 7. The Labute approximate surface area is 263 Å². The monoisotopic (exact) mass is 620 g/mol. The summed E-state index contributed by atoms with van der Waals surface area (Å²) in [5.41, 5.74) is 18.3. The number of carbonyl (C=O) groups excluding carboxylic acids is 1. The fourth-order valence-corrected chi connectivity index (χ4v) is 6.32. The average molecular weight is 621 g/mol. The van der Waals surface area contributed by atoms with Gasteiger partial charge in [0.05, 0.1) is 11.4 Å². The molecule has 1 aliphatic carbocycles. The van der Waals surface area contributed by atoms with Crippen LogP contribution in [-0.4, -0.2) is 54.7 Å². The topological polar surface area (TPSA) is 129 Å². The van der Waals surface area contributed by atoms with Gasteiger partial charge in [-0.15, -0.1) is 23.6 Å². The van der Waals surface area contributed by atoms with E-state index in [-0.39, 0.29) is 50.6 Å². The number of nitrogen functional groups attached to an aromatic ring is 1. The number of primary amides is 1. The van der Waals surface area contributed by atoms with Gasteiger partial charge in [0.2, 0.25) is 5.91 Å². The standard InChI is InChI=1S/C31H31N8O.Y/c1-18-24(9-7-20-8-10-25(36-27(18)20)19-5-3-2-4-6-19)28-26-29(32)34-17-35-31(26)39(37-28)23-15-22(16-23)38-13-11-21(12-14-38)30(33)40;/h2-7,9-10,17,21-23H,11-16H2,1H3,(H2,33,40)(H2,32,34,35);/q-1;. The Bertz CT molecular complexity index is 1740. The Hall–Kier alpha value is -3.27. The van der Waals surface area contributed by atoms with Crippen molar-refractivity contribution >= 4 is 33.7 Å². The van der Waals surface area contributed by atoms with Crippen LogP contribution < -0.4 is 11.5 Å². The molecule has 1 aliphatic heterocycles. The molecule has 0 bridgehead atoms. The Balaban J connectivity index is 0.00000302. The van der Waals surface area contributed by atoms with Gasteiger partial charge in [-0.3, -0.25) is 4.79 Å². The molecule has 205 valence electrons. The van der Waals surface area contributed by atoms with Crippen molar-refractivity contribution in [2.75, 3.05) is 18.8 Å². The molecule has 3 aromatic heterocycles. The second-order valence-electron chi connectivity index (χ2n) is 11.0. The van der Waals surface area contributed by atoms with Gasteiger partial charge in [-0.05, 0) is 68.0 Å². The summed E-state index contributed by atoms with van der Waals surface area (Å²) in [6, 6.07) is 20.3. The largest absolute Gasteiger partial charge is 0.383 e. The summed E-state index contributed by atoms with van der Waals surface area (Å²) >= 11 is 0. The number of piperidine rings is 1. The summed E-state index contributed by atoms with van der Waals surface area (Å²) in [5.74, 6) is 0.255. The first-order chi connectivity index (χ1) is 19.5. The number of aryl methyl sites for hydroxylation is 1. The van der Waals surface area contributed by atoms with Crippen LogP contribution in [0.2, 0.25) is 0 Å². The second-order valence-corrected chi connectivity index (χ2v) is 11.0. The van der Waals surface area contributed by atoms with Gasteiger partial charge in [-0.2, -0.15) is 5.10 Å². The molecule has 4 heterocycles. The van der Waals surface area contributed by atoms with Crippen molar-refractivity contribution in [3.05, 3.63) is 66.5 Å². The molecule has 1 radical (unpaired) electrons. The first-order valence-electron chi connectivity index (χ1n) is 13.9. The van der Waals surface area contributed by atoms with E-state index in [1.165, 1.54) is 6.33 Å². The predicted octanol–water partition coefficient (Wildman–Crippen LogP) is 4.30. The van der Waals surface area contributed by atoms with E-state index in [9.17, 15) is 4.79 Å². The van der Waals surface area contributed by atoms with E-state index in [4.69, 9.17) is 21.5 Å². The van der Waals surface area contributed by atoms with Crippen molar-refractivity contribution in [2.24, 2.45) is 11.7 Å². The van der Waals surface area contributed by atoms with E-state index < -0.39 is 0 Å². The molecule has 2 aliphatic rings. The normalized spacial score (nSPS) is 19.6. The van der Waals surface area contributed by atoms with Crippen LogP contribution in [0.3, 0.4) is 0 Å². The number of fused-ring (bicyclic) bond motifs is 2. The maximum atomic E-state index is 11.6. The number of nitrogens with zero attached hydrogens (tertiary/aromatic N) is 6. The van der Waals surface area contributed by atoms with Crippen LogP contribution in [-0.2, 0) is 37.5 Å². The maximum Gasteiger partial charge on any atom is 0.220 e. The van der Waals surface area contributed by atoms with Crippen LogP contribution in [0.5, 0.6) is 0 Å². The minimum atomic E-state index is -0.174. The molecular formula is C31H31N8OY-. The van der Waals surface area contributed by atoms with Gasteiger partial charge in [-0.1, -0.05) is 42.0 Å². The number of pyridine rings is 1. The van der Waals surface area contributed by atoms with Gasteiger partial charge in [0.25, 0.3) is 0 Å². The maximum absolute atomic E-state index is 11.6. The molecule has 41 heavy (non-hydrogen) atoms. The average Bonchev–Trinajstić information content (AvgIpc) is 3.33. The summed E-state index contributed by atoms with van der Waals surface area (Å²) in [6.45, 7) is 3.90. The smallest absolute Gasteiger partial charge is 0.220 e. The SMILES string of the molecule is Cc1c(-c2nn(C3CC(N4CCC(C(N)=O)CC4)C3)c3ncnc(N)c23)ccc2[c-]cc(-c3ccccc3)nc12.[Y]. The van der Waals surface area contributed by atoms with E-state index in [0.717, 1.165) is 88.8 Å². The number of likely N-dealkylation sites (tertiary alicyclic amines) is 1. The number of carbonyl (C=O) groups is 1. The van der Waals surface area contributed by atoms with E-state index in [1.807, 2.05) is 35.0 Å². The minimum absolute atomic E-state index is 0. The third kappa shape index (κ3) is 4.94. The minimum Gasteiger partial charge on any atom is -0.383 e. The predicted molar refractivity (Wildman–Crippen MR) is 155 cm³/mol. The van der Waals surface area contributed by atoms with Crippen molar-refractivity contribution in [3.63, 3.8) is 0 Å². The summed E-state index contributed by atoms with van der Waals surface area (Å²) < 4.78 is 2.04. The molecule has 7 rings (SSSR count). The molecule has 0 unspecified atom stereocenters. The van der Waals surface area contributed by atoms with Gasteiger partial charge in [-0.25, -0.2) is 14.6 Å². The number of anilines is 1. The number of amides is 1. The molecule has 2 fully saturated rings. The Morgan fingerprint density at radius 3 is 2.51 bits per heavy atom. The number of hydrogen-bond donors (Lipinski definition) is 2. The zero-order valence-electron chi connectivity index (χ0n) is 23.0. The first-order valence-corrected chi connectivity index (χ1v) is 13.9. The molecule has 4 N–H and O–H groups in total. The van der Waals surface area contributed by atoms with Crippen molar-refractivity contribution in [2.45, 2.75) is 44.7 Å². The molecule has 9 nitrogen and oxygen atoms in total. The molecule has 0 spiro atoms. The zero-order valence-corrected chi connectivity index (χ0v) is 25.8. The van der Waals surface area contributed by atoms with E-state index >= 15 is 0 Å². The molecule has 0 atom stereocenters. The molecular weight excluding hydrogens is 589 g/mol. The molecule has 1 saturated heterocycles. The number of aromatic nitrogens is 5. The van der Waals surface area contributed by atoms with Crippen molar-refractivity contribution in [3.8, 4) is 22.5 Å². The molecule has 1 saturated carbocycles. The van der Waals surface area contributed by atoms with Crippen LogP contribution >= 0.6 is 0 Å². The molecule has 2 aromatic carbocycles. The molecule has 1 amide bonds. The Morgan fingerprint density at radius 2 is 1.78 bits per heavy atom. The number of nitrogens with two attached hydrogens (primary N) is 2. The molecule has 5 aromatic rings. The van der Waals surface area contributed by atoms with Gasteiger partial charge in [0.15, 0.2) is 5.65 Å². The van der Waals surface area contributed by atoms with Crippen molar-refractivity contribution < 1.29 is 37.5 Å². The summed E-state index contributed by atoms with van der Waals surface area (Å²) in [7, 11) is 0. The number of benzene rings is 2. The van der Waals surface area contributed by atoms with E-state index in [2.05, 4.69) is 46.1 Å². The summed E-state index contributed by atoms with van der Waals surface area (Å²) in [6.07, 6.45) is 5.16. The fraction of sp³-hybridized carbons (Fsp3) is 0.323. The Kier molecular flexibility index (Phi) is 7.61. The fourth-order valence-electron chi connectivity index (χ4n) is 6.32. The van der Waals surface area contributed by atoms with Crippen LogP contribution in [0.4, 0.5) is 5.82 Å². The van der Waals surface area contributed by atoms with Crippen LogP contribution in [0.25, 0.3) is 44.5 Å². The van der Waals surface area contributed by atoms with Gasteiger partial charge in [0.1, 0.15) is 17.8 Å². The third-order valence-corrected chi connectivity index (χ3v) is 8.75. The summed E-state index contributed by atoms with van der Waals surface area (Å²) in [5, 5.41) is 6.85. The van der Waals surface area contributed by atoms with Gasteiger partial charge >= 0.3 is 0 Å². The first kappa shape index (κ1) is 27.9. The van der Waals surface area contributed by atoms with Crippen LogP contribution in [0.15, 0.2) is 54.9 Å². The number of rotatable bonds is 5. The third-order valence-electron chi connectivity index (χ3n) is 8.75. The van der Waals surface area contributed by atoms with Crippen LogP contribution in [0, 0.1) is 18.9 Å². The summed E-state index contributed by atoms with van der Waals surface area (Å²) in [4.78, 5) is 28.0. The van der Waals surface area contributed by atoms with Gasteiger partial charge in [0, 0.05) is 44.7 Å². The van der Waals surface area contributed by atoms with Crippen molar-refractivity contribution in [1.29, 1.82) is 0 Å². The van der Waals surface area contributed by atoms with E-state index in [1.54, 1.807) is 0 Å². The molecule has 10 heteroatoms. The second kappa shape index (κ2) is 11.2. The quantitative estimate of drug-likeness (QED) is 0.281. The zero-order chi connectivity index (χ0) is 27.4. The van der Waals surface area contributed by atoms with Crippen LogP contribution in [0.1, 0.15) is 37.3 Å². The van der Waals surface area contributed by atoms with Crippen molar-refractivity contribution in [1.82, 2.24) is 29.6 Å².